The Labute approximate surface area is 293 Å². The van der Waals surface area contributed by atoms with Crippen molar-refractivity contribution in [3.05, 3.63) is 130 Å². The molecule has 258 valence electrons. The number of nitrogens with zero attached hydrogens (tertiary/aromatic N) is 2. The van der Waals surface area contributed by atoms with Crippen LogP contribution in [0.15, 0.2) is 112 Å². The summed E-state index contributed by atoms with van der Waals surface area (Å²) in [5.74, 6) is -1.14. The Morgan fingerprint density at radius 2 is 1.53 bits per heavy atom. The van der Waals surface area contributed by atoms with E-state index in [1.807, 2.05) is 36.4 Å². The van der Waals surface area contributed by atoms with Crippen LogP contribution in [0.4, 0.5) is 18.9 Å². The summed E-state index contributed by atoms with van der Waals surface area (Å²) in [7, 11) is -4.55. The predicted molar refractivity (Wildman–Crippen MR) is 186 cm³/mol. The Hall–Kier alpha value is -4.16. The van der Waals surface area contributed by atoms with Gasteiger partial charge in [-0.05, 0) is 73.4 Å². The highest BCUT2D eigenvalue weighted by Crippen LogP contribution is 2.34. The van der Waals surface area contributed by atoms with Gasteiger partial charge in [0.15, 0.2) is 0 Å². The lowest BCUT2D eigenvalue weighted by molar-refractivity contribution is -0.140. The van der Waals surface area contributed by atoms with Crippen LogP contribution >= 0.6 is 15.9 Å². The molecule has 4 aromatic carbocycles. The van der Waals surface area contributed by atoms with Crippen molar-refractivity contribution in [3.63, 3.8) is 0 Å². The fraction of sp³-hybridized carbons (Fsp3) is 0.297. The van der Waals surface area contributed by atoms with Gasteiger partial charge in [-0.3, -0.25) is 13.9 Å². The summed E-state index contributed by atoms with van der Waals surface area (Å²) >= 11 is 3.46. The highest BCUT2D eigenvalue weighted by atomic mass is 79.9. The number of sulfonamides is 1. The number of hydrogen-bond acceptors (Lipinski definition) is 4. The monoisotopic (exact) mass is 755 g/mol. The number of carbonyl (C=O) groups is 2. The highest BCUT2D eigenvalue weighted by molar-refractivity contribution is 9.10. The molecule has 0 aromatic heterocycles. The lowest BCUT2D eigenvalue weighted by Gasteiger charge is -2.34. The number of rotatable bonds is 12. The van der Waals surface area contributed by atoms with Crippen molar-refractivity contribution >= 4 is 43.5 Å². The third-order valence-corrected chi connectivity index (χ3v) is 10.8. The average molecular weight is 757 g/mol. The van der Waals surface area contributed by atoms with E-state index in [0.717, 1.165) is 53.4 Å². The molecule has 0 spiro atoms. The summed E-state index contributed by atoms with van der Waals surface area (Å²) in [4.78, 5) is 29.9. The molecule has 0 saturated heterocycles. The van der Waals surface area contributed by atoms with E-state index in [1.54, 1.807) is 37.3 Å². The lowest BCUT2D eigenvalue weighted by Crippen LogP contribution is -2.54. The van der Waals surface area contributed by atoms with Gasteiger partial charge in [-0.25, -0.2) is 8.42 Å². The maximum absolute atomic E-state index is 14.6. The number of nitrogens with one attached hydrogen (secondary N) is 1. The first-order chi connectivity index (χ1) is 23.3. The molecule has 0 radical (unpaired) electrons. The molecule has 7 nitrogen and oxygen atoms in total. The molecule has 1 aliphatic carbocycles. The maximum atomic E-state index is 14.6. The predicted octanol–water partition coefficient (Wildman–Crippen LogP) is 7.67. The summed E-state index contributed by atoms with van der Waals surface area (Å²) < 4.78 is 71.3. The molecule has 0 unspecified atom stereocenters. The van der Waals surface area contributed by atoms with Crippen LogP contribution in [0.2, 0.25) is 0 Å². The van der Waals surface area contributed by atoms with E-state index in [0.29, 0.717) is 15.9 Å². The van der Waals surface area contributed by atoms with E-state index < -0.39 is 40.3 Å². The van der Waals surface area contributed by atoms with Gasteiger partial charge < -0.3 is 10.2 Å². The smallest absolute Gasteiger partial charge is 0.352 e. The Morgan fingerprint density at radius 3 is 2.18 bits per heavy atom. The zero-order valence-electron chi connectivity index (χ0n) is 26.9. The van der Waals surface area contributed by atoms with E-state index in [2.05, 4.69) is 21.2 Å². The first-order valence-corrected chi connectivity index (χ1v) is 18.2. The molecule has 5 rings (SSSR count). The van der Waals surface area contributed by atoms with Crippen LogP contribution in [0.25, 0.3) is 0 Å². The third kappa shape index (κ3) is 9.30. The van der Waals surface area contributed by atoms with Gasteiger partial charge in [0.25, 0.3) is 10.0 Å². The quantitative estimate of drug-likeness (QED) is 0.161. The highest BCUT2D eigenvalue weighted by Gasteiger charge is 2.37. The van der Waals surface area contributed by atoms with E-state index >= 15 is 0 Å². The molecule has 12 heteroatoms. The van der Waals surface area contributed by atoms with Gasteiger partial charge in [0.05, 0.1) is 16.1 Å². The van der Waals surface area contributed by atoms with Gasteiger partial charge in [-0.2, -0.15) is 13.2 Å². The number of aryl methyl sites for hydroxylation is 1. The zero-order chi connectivity index (χ0) is 35.2. The maximum Gasteiger partial charge on any atom is 0.416 e. The summed E-state index contributed by atoms with van der Waals surface area (Å²) in [6.07, 6.45) is -1.07. The Bertz CT molecular complexity index is 1870. The van der Waals surface area contributed by atoms with E-state index in [1.165, 1.54) is 23.1 Å². The van der Waals surface area contributed by atoms with Gasteiger partial charge in [-0.1, -0.05) is 95.0 Å². The summed E-state index contributed by atoms with van der Waals surface area (Å²) in [6, 6.07) is 25.0. The average Bonchev–Trinajstić information content (AvgIpc) is 3.58. The number of alkyl halides is 3. The second-order valence-electron chi connectivity index (χ2n) is 12.2. The van der Waals surface area contributed by atoms with Crippen LogP contribution in [0.3, 0.4) is 0 Å². The minimum Gasteiger partial charge on any atom is -0.352 e. The van der Waals surface area contributed by atoms with Gasteiger partial charge in [0, 0.05) is 23.5 Å². The molecule has 0 bridgehead atoms. The topological polar surface area (TPSA) is 86.8 Å². The minimum atomic E-state index is -4.76. The number of halogens is 4. The van der Waals surface area contributed by atoms with Gasteiger partial charge in [0.1, 0.15) is 12.6 Å². The molecule has 1 N–H and O–H groups in total. The van der Waals surface area contributed by atoms with Crippen LogP contribution in [-0.2, 0) is 38.8 Å². The lowest BCUT2D eigenvalue weighted by atomic mass is 10.0. The number of benzene rings is 4. The van der Waals surface area contributed by atoms with Crippen LogP contribution in [0, 0.1) is 6.92 Å². The SMILES string of the molecule is Cc1ccc(S(=O)(=O)N(CC(=O)N(Cc2cccc(Br)c2)[C@@H](Cc2ccccc2)C(=O)NC2CCCC2)c2cccc(C(F)(F)F)c2)cc1. The van der Waals surface area contributed by atoms with Crippen molar-refractivity contribution < 1.29 is 31.2 Å². The molecule has 1 saturated carbocycles. The number of carbonyl (C=O) groups excluding carboxylic acids is 2. The zero-order valence-corrected chi connectivity index (χ0v) is 29.3. The molecule has 49 heavy (non-hydrogen) atoms. The van der Waals surface area contributed by atoms with Crippen LogP contribution in [0.5, 0.6) is 0 Å². The molecule has 4 aromatic rings. The first-order valence-electron chi connectivity index (χ1n) is 16.0. The molecule has 0 heterocycles. The van der Waals surface area contributed by atoms with E-state index in [9.17, 15) is 31.2 Å². The number of amides is 2. The summed E-state index contributed by atoms with van der Waals surface area (Å²) in [5, 5.41) is 3.10. The molecule has 1 aliphatic rings. The van der Waals surface area contributed by atoms with Crippen molar-refractivity contribution in [1.82, 2.24) is 10.2 Å². The largest absolute Gasteiger partial charge is 0.416 e. The molecular weight excluding hydrogens is 719 g/mol. The summed E-state index contributed by atoms with van der Waals surface area (Å²) in [6.45, 7) is 0.857. The second kappa shape index (κ2) is 15.6. The fourth-order valence-electron chi connectivity index (χ4n) is 5.96. The van der Waals surface area contributed by atoms with Crippen molar-refractivity contribution in [3.8, 4) is 0 Å². The normalized spacial score (nSPS) is 14.3. The first kappa shape index (κ1) is 36.1. The van der Waals surface area contributed by atoms with Crippen molar-refractivity contribution in [1.29, 1.82) is 0 Å². The van der Waals surface area contributed by atoms with Crippen molar-refractivity contribution in [2.45, 2.75) is 68.7 Å². The Kier molecular flexibility index (Phi) is 11.5. The summed E-state index contributed by atoms with van der Waals surface area (Å²) in [5.41, 5.74) is 0.828. The standard InChI is InChI=1S/C37H37BrF3N3O4S/c1-26-17-19-33(20-18-26)49(47,48)44(32-16-8-12-29(23-32)37(39,40)41)25-35(45)43(24-28-11-7-13-30(38)21-28)34(22-27-9-3-2-4-10-27)36(46)42-31-14-5-6-15-31/h2-4,7-13,16-21,23,31,34H,5-6,14-15,22,24-25H2,1H3,(H,42,46)/t34-/m0/s1. The molecule has 0 aliphatic heterocycles. The number of anilines is 1. The Balaban J connectivity index is 1.60. The van der Waals surface area contributed by atoms with Gasteiger partial charge >= 0.3 is 6.18 Å². The third-order valence-electron chi connectivity index (χ3n) is 8.56. The fourth-order valence-corrected chi connectivity index (χ4v) is 7.81. The molecule has 1 atom stereocenters. The second-order valence-corrected chi connectivity index (χ2v) is 15.0. The van der Waals surface area contributed by atoms with Crippen molar-refractivity contribution in [2.75, 3.05) is 10.8 Å². The van der Waals surface area contributed by atoms with Crippen LogP contribution < -0.4 is 9.62 Å². The molecule has 2 amide bonds. The van der Waals surface area contributed by atoms with Crippen LogP contribution in [-0.4, -0.2) is 43.8 Å². The Morgan fingerprint density at radius 1 is 0.878 bits per heavy atom. The van der Waals surface area contributed by atoms with Crippen molar-refractivity contribution in [2.24, 2.45) is 0 Å². The molecule has 1 fully saturated rings. The van der Waals surface area contributed by atoms with Gasteiger partial charge in [0.2, 0.25) is 11.8 Å². The van der Waals surface area contributed by atoms with Gasteiger partial charge in [-0.15, -0.1) is 0 Å². The number of hydrogen-bond donors (Lipinski definition) is 1. The van der Waals surface area contributed by atoms with E-state index in [-0.39, 0.29) is 35.5 Å². The van der Waals surface area contributed by atoms with E-state index in [4.69, 9.17) is 0 Å². The molecular formula is C37H37BrF3N3O4S. The minimum absolute atomic E-state index is 0.0582. The van der Waals surface area contributed by atoms with Crippen LogP contribution in [0.1, 0.15) is 47.9 Å².